The van der Waals surface area contributed by atoms with Crippen LogP contribution in [0.15, 0.2) is 89.5 Å². The Labute approximate surface area is 238 Å². The quantitative estimate of drug-likeness (QED) is 0.241. The summed E-state index contributed by atoms with van der Waals surface area (Å²) >= 11 is 9.98. The van der Waals surface area contributed by atoms with Gasteiger partial charge in [-0.2, -0.15) is 9.61 Å². The van der Waals surface area contributed by atoms with E-state index in [0.717, 1.165) is 32.7 Å². The van der Waals surface area contributed by atoms with E-state index in [9.17, 15) is 4.79 Å². The number of carbonyl (C=O) groups is 1. The molecule has 1 amide bonds. The fourth-order valence-electron chi connectivity index (χ4n) is 4.29. The molecule has 0 spiro atoms. The van der Waals surface area contributed by atoms with Gasteiger partial charge in [-0.1, -0.05) is 66.2 Å². The molecule has 0 bridgehead atoms. The van der Waals surface area contributed by atoms with Crippen LogP contribution in [0.5, 0.6) is 11.5 Å². The van der Waals surface area contributed by atoms with Gasteiger partial charge in [0.2, 0.25) is 6.10 Å². The molecule has 39 heavy (non-hydrogen) atoms. The van der Waals surface area contributed by atoms with Crippen molar-refractivity contribution in [1.82, 2.24) is 19.9 Å². The number of halogens is 2. The monoisotopic (exact) mass is 603 g/mol. The molecule has 0 saturated heterocycles. The summed E-state index contributed by atoms with van der Waals surface area (Å²) in [4.78, 5) is 17.4. The van der Waals surface area contributed by atoms with Crippen molar-refractivity contribution >= 4 is 44.9 Å². The molecule has 0 fully saturated rings. The van der Waals surface area contributed by atoms with Crippen molar-refractivity contribution in [1.29, 1.82) is 0 Å². The predicted octanol–water partition coefficient (Wildman–Crippen LogP) is 5.88. The number of fused-ring (bicyclic) bond motifs is 2. The highest BCUT2D eigenvalue weighted by atomic mass is 79.9. The van der Waals surface area contributed by atoms with Gasteiger partial charge >= 0.3 is 0 Å². The minimum absolute atomic E-state index is 0.181. The molecule has 0 radical (unpaired) electrons. The molecule has 8 nitrogen and oxygen atoms in total. The number of amides is 1. The highest BCUT2D eigenvalue weighted by Crippen LogP contribution is 2.32. The summed E-state index contributed by atoms with van der Waals surface area (Å²) in [6.07, 6.45) is 1.04. The first-order valence-corrected chi connectivity index (χ1v) is 13.5. The van der Waals surface area contributed by atoms with Crippen molar-refractivity contribution in [2.45, 2.75) is 19.2 Å². The fraction of sp³-hybridized carbons (Fsp3) is 0.138. The number of hydrogen-bond acceptors (Lipinski definition) is 6. The van der Waals surface area contributed by atoms with Crippen molar-refractivity contribution in [3.05, 3.63) is 106 Å². The third-order valence-corrected chi connectivity index (χ3v) is 7.23. The SMILES string of the molecule is O=C(NCc1ccc(CNc2cc(-c3ccccc3Cl)nc3c(Br)cnn23)cc1)C1COc2ccccc2O1. The molecule has 2 aromatic heterocycles. The second-order valence-electron chi connectivity index (χ2n) is 8.99. The van der Waals surface area contributed by atoms with Crippen LogP contribution in [0.1, 0.15) is 11.1 Å². The standard InChI is InChI=1S/C29H23BrClN5O3/c30-21-16-34-36-27(13-23(35-28(21)36)20-5-1-2-6-22(20)31)32-14-18-9-11-19(12-10-18)15-33-29(37)26-17-38-24-7-3-4-8-25(24)39-26/h1-13,16,26,32H,14-15,17H2,(H,33,37). The van der Waals surface area contributed by atoms with E-state index in [1.807, 2.05) is 72.8 Å². The first kappa shape index (κ1) is 25.2. The predicted molar refractivity (Wildman–Crippen MR) is 153 cm³/mol. The number of nitrogens with one attached hydrogen (secondary N) is 2. The number of ether oxygens (including phenoxy) is 2. The Kier molecular flexibility index (Phi) is 7.08. The highest BCUT2D eigenvalue weighted by Gasteiger charge is 2.27. The summed E-state index contributed by atoms with van der Waals surface area (Å²) in [5.74, 6) is 1.80. The van der Waals surface area contributed by atoms with Crippen LogP contribution in [0, 0.1) is 0 Å². The molecule has 10 heteroatoms. The lowest BCUT2D eigenvalue weighted by Gasteiger charge is -2.25. The van der Waals surface area contributed by atoms with Gasteiger partial charge in [0, 0.05) is 29.7 Å². The molecule has 1 atom stereocenters. The minimum Gasteiger partial charge on any atom is -0.485 e. The molecule has 196 valence electrons. The number of rotatable bonds is 7. The van der Waals surface area contributed by atoms with Crippen LogP contribution < -0.4 is 20.1 Å². The van der Waals surface area contributed by atoms with E-state index in [0.29, 0.717) is 35.3 Å². The third kappa shape index (κ3) is 5.41. The normalized spacial score (nSPS) is 14.3. The number of anilines is 1. The maximum absolute atomic E-state index is 12.6. The summed E-state index contributed by atoms with van der Waals surface area (Å²) in [6, 6.07) is 24.9. The second kappa shape index (κ2) is 11.0. The number of nitrogens with zero attached hydrogens (tertiary/aromatic N) is 3. The number of benzene rings is 3. The number of aromatic nitrogens is 3. The molecular formula is C29H23BrClN5O3. The first-order valence-electron chi connectivity index (χ1n) is 12.3. The lowest BCUT2D eigenvalue weighted by molar-refractivity contribution is -0.130. The van der Waals surface area contributed by atoms with Crippen molar-refractivity contribution in [3.63, 3.8) is 0 Å². The van der Waals surface area contributed by atoms with Crippen molar-refractivity contribution in [2.24, 2.45) is 0 Å². The second-order valence-corrected chi connectivity index (χ2v) is 10.2. The lowest BCUT2D eigenvalue weighted by Crippen LogP contribution is -2.43. The van der Waals surface area contributed by atoms with E-state index in [1.165, 1.54) is 0 Å². The zero-order chi connectivity index (χ0) is 26.8. The summed E-state index contributed by atoms with van der Waals surface area (Å²) in [7, 11) is 0. The summed E-state index contributed by atoms with van der Waals surface area (Å²) in [6.45, 7) is 1.14. The zero-order valence-corrected chi connectivity index (χ0v) is 22.9. The van der Waals surface area contributed by atoms with Gasteiger partial charge in [0.15, 0.2) is 17.1 Å². The van der Waals surface area contributed by atoms with E-state index in [4.69, 9.17) is 26.1 Å². The topological polar surface area (TPSA) is 89.8 Å². The summed E-state index contributed by atoms with van der Waals surface area (Å²) in [5, 5.41) is 11.5. The molecular weight excluding hydrogens is 582 g/mol. The Morgan fingerprint density at radius 1 is 1.00 bits per heavy atom. The van der Waals surface area contributed by atoms with Crippen LogP contribution in [0.25, 0.3) is 16.9 Å². The van der Waals surface area contributed by atoms with E-state index in [1.54, 1.807) is 16.8 Å². The average Bonchev–Trinajstić information content (AvgIpc) is 3.35. The number of hydrogen-bond donors (Lipinski definition) is 2. The van der Waals surface area contributed by atoms with Crippen molar-refractivity contribution < 1.29 is 14.3 Å². The maximum Gasteiger partial charge on any atom is 0.264 e. The minimum atomic E-state index is -0.682. The van der Waals surface area contributed by atoms with Gasteiger partial charge in [0.1, 0.15) is 12.4 Å². The molecule has 1 aliphatic rings. The Balaban J connectivity index is 1.10. The third-order valence-electron chi connectivity index (χ3n) is 6.34. The zero-order valence-electron chi connectivity index (χ0n) is 20.6. The molecule has 0 aliphatic carbocycles. The Morgan fingerprint density at radius 3 is 2.51 bits per heavy atom. The van der Waals surface area contributed by atoms with Crippen LogP contribution in [-0.2, 0) is 17.9 Å². The smallest absolute Gasteiger partial charge is 0.264 e. The Bertz CT molecular complexity index is 1660. The molecule has 3 heterocycles. The Hall–Kier alpha value is -4.08. The molecule has 6 rings (SSSR count). The van der Waals surface area contributed by atoms with Crippen LogP contribution >= 0.6 is 27.5 Å². The number of para-hydroxylation sites is 2. The van der Waals surface area contributed by atoms with E-state index in [-0.39, 0.29) is 12.5 Å². The molecule has 3 aromatic carbocycles. The molecule has 1 aliphatic heterocycles. The largest absolute Gasteiger partial charge is 0.485 e. The lowest BCUT2D eigenvalue weighted by atomic mass is 10.1. The van der Waals surface area contributed by atoms with Crippen LogP contribution in [-0.4, -0.2) is 33.2 Å². The van der Waals surface area contributed by atoms with Gasteiger partial charge < -0.3 is 20.1 Å². The first-order chi connectivity index (χ1) is 19.0. The Morgan fingerprint density at radius 2 is 1.72 bits per heavy atom. The van der Waals surface area contributed by atoms with Crippen molar-refractivity contribution in [2.75, 3.05) is 11.9 Å². The van der Waals surface area contributed by atoms with Crippen LogP contribution in [0.2, 0.25) is 5.02 Å². The van der Waals surface area contributed by atoms with Gasteiger partial charge in [0.05, 0.1) is 16.4 Å². The van der Waals surface area contributed by atoms with Gasteiger partial charge in [-0.3, -0.25) is 4.79 Å². The van der Waals surface area contributed by atoms with Crippen LogP contribution in [0.3, 0.4) is 0 Å². The van der Waals surface area contributed by atoms with E-state index < -0.39 is 6.10 Å². The van der Waals surface area contributed by atoms with E-state index in [2.05, 4.69) is 31.7 Å². The molecule has 1 unspecified atom stereocenters. The summed E-state index contributed by atoms with van der Waals surface area (Å²) < 4.78 is 14.0. The highest BCUT2D eigenvalue weighted by molar-refractivity contribution is 9.10. The summed E-state index contributed by atoms with van der Waals surface area (Å²) in [5.41, 5.74) is 4.34. The molecule has 5 aromatic rings. The van der Waals surface area contributed by atoms with Gasteiger partial charge in [-0.05, 0) is 45.3 Å². The van der Waals surface area contributed by atoms with Crippen molar-refractivity contribution in [3.8, 4) is 22.8 Å². The van der Waals surface area contributed by atoms with Gasteiger partial charge in [-0.15, -0.1) is 0 Å². The van der Waals surface area contributed by atoms with Gasteiger partial charge in [-0.25, -0.2) is 4.98 Å². The average molecular weight is 605 g/mol. The molecule has 0 saturated carbocycles. The maximum atomic E-state index is 12.6. The molecule has 2 N–H and O–H groups in total. The van der Waals surface area contributed by atoms with Gasteiger partial charge in [0.25, 0.3) is 5.91 Å². The van der Waals surface area contributed by atoms with E-state index >= 15 is 0 Å². The fourth-order valence-corrected chi connectivity index (χ4v) is 4.87. The van der Waals surface area contributed by atoms with Crippen LogP contribution in [0.4, 0.5) is 5.82 Å². The number of carbonyl (C=O) groups excluding carboxylic acids is 1.